The van der Waals surface area contributed by atoms with Crippen LogP contribution in [0.4, 0.5) is 0 Å². The van der Waals surface area contributed by atoms with E-state index in [1.54, 1.807) is 30.4 Å². The molecule has 0 aromatic heterocycles. The zero-order chi connectivity index (χ0) is 10.7. The predicted molar refractivity (Wildman–Crippen MR) is 67.1 cm³/mol. The van der Waals surface area contributed by atoms with Gasteiger partial charge in [0.05, 0.1) is 0 Å². The maximum absolute atomic E-state index is 11.7. The molecule has 0 N–H and O–H groups in total. The van der Waals surface area contributed by atoms with E-state index in [-0.39, 0.29) is 9.86 Å². The fourth-order valence-electron chi connectivity index (χ4n) is 1.45. The third-order valence-corrected chi connectivity index (χ3v) is 5.30. The minimum absolute atomic E-state index is 0.242. The summed E-state index contributed by atoms with van der Waals surface area (Å²) < 4.78 is -0.318. The van der Waals surface area contributed by atoms with Crippen LogP contribution in [0.2, 0.25) is 0 Å². The third kappa shape index (κ3) is 2.29. The number of ketones is 1. The third-order valence-electron chi connectivity index (χ3n) is 2.30. The molecule has 1 unspecified atom stereocenters. The molecule has 2 rings (SSSR count). The van der Waals surface area contributed by atoms with Crippen molar-refractivity contribution in [3.63, 3.8) is 0 Å². The molecule has 1 nitrogen and oxygen atoms in total. The van der Waals surface area contributed by atoms with Gasteiger partial charge in [-0.15, -0.1) is 11.8 Å². The molecule has 1 atom stereocenters. The fraction of sp³-hybridized carbons (Fsp3) is 0.250. The highest BCUT2D eigenvalue weighted by Crippen LogP contribution is 2.49. The van der Waals surface area contributed by atoms with Crippen molar-refractivity contribution in [2.75, 3.05) is 0 Å². The van der Waals surface area contributed by atoms with E-state index in [1.807, 2.05) is 35.7 Å². The Morgan fingerprint density at radius 1 is 1.40 bits per heavy atom. The van der Waals surface area contributed by atoms with Gasteiger partial charge in [0.1, 0.15) is 4.08 Å². The molecule has 1 aliphatic rings. The van der Waals surface area contributed by atoms with Gasteiger partial charge in [-0.05, 0) is 30.9 Å². The number of Topliss-reactive ketones (excluding diaryl/α,β-unsaturated/α-hetero) is 1. The molecule has 0 bridgehead atoms. The summed E-state index contributed by atoms with van der Waals surface area (Å²) in [5.74, 6) is 0.242. The number of carbonyl (C=O) groups excluding carboxylic acids is 1. The molecule has 0 amide bonds. The van der Waals surface area contributed by atoms with Crippen LogP contribution in [-0.4, -0.2) is 9.86 Å². The number of hydrogen-bond acceptors (Lipinski definition) is 3. The SMILES string of the molecule is CC(=O)C1(Sc2ccccc2)CC=CS1. The molecule has 1 aliphatic heterocycles. The minimum Gasteiger partial charge on any atom is -0.297 e. The van der Waals surface area contributed by atoms with E-state index in [1.165, 1.54) is 0 Å². The van der Waals surface area contributed by atoms with E-state index in [0.29, 0.717) is 0 Å². The topological polar surface area (TPSA) is 17.1 Å². The first kappa shape index (κ1) is 10.8. The smallest absolute Gasteiger partial charge is 0.156 e. The molecule has 3 heteroatoms. The average molecular weight is 236 g/mol. The van der Waals surface area contributed by atoms with Gasteiger partial charge < -0.3 is 0 Å². The van der Waals surface area contributed by atoms with E-state index in [9.17, 15) is 4.79 Å². The van der Waals surface area contributed by atoms with Crippen LogP contribution in [-0.2, 0) is 4.79 Å². The lowest BCUT2D eigenvalue weighted by Crippen LogP contribution is -2.25. The van der Waals surface area contributed by atoms with E-state index < -0.39 is 0 Å². The molecule has 0 saturated heterocycles. The Morgan fingerprint density at radius 3 is 2.67 bits per heavy atom. The molecule has 0 radical (unpaired) electrons. The Labute approximate surface area is 98.3 Å². The van der Waals surface area contributed by atoms with Crippen LogP contribution >= 0.6 is 23.5 Å². The van der Waals surface area contributed by atoms with Crippen molar-refractivity contribution in [3.8, 4) is 0 Å². The highest BCUT2D eigenvalue weighted by atomic mass is 32.2. The van der Waals surface area contributed by atoms with Gasteiger partial charge in [-0.25, -0.2) is 0 Å². The van der Waals surface area contributed by atoms with E-state index in [2.05, 4.69) is 6.08 Å². The second-order valence-corrected chi connectivity index (χ2v) is 6.25. The molecule has 1 aromatic rings. The fourth-order valence-corrected chi connectivity index (χ4v) is 3.87. The lowest BCUT2D eigenvalue weighted by molar-refractivity contribution is -0.117. The second kappa shape index (κ2) is 4.45. The molecular weight excluding hydrogens is 224 g/mol. The Balaban J connectivity index is 2.19. The van der Waals surface area contributed by atoms with Crippen LogP contribution in [0.5, 0.6) is 0 Å². The molecule has 0 fully saturated rings. The highest BCUT2D eigenvalue weighted by Gasteiger charge is 2.38. The molecule has 0 aliphatic carbocycles. The summed E-state index contributed by atoms with van der Waals surface area (Å²) in [7, 11) is 0. The Kier molecular flexibility index (Phi) is 3.22. The van der Waals surface area contributed by atoms with Crippen molar-refractivity contribution in [2.45, 2.75) is 22.3 Å². The van der Waals surface area contributed by atoms with Gasteiger partial charge >= 0.3 is 0 Å². The summed E-state index contributed by atoms with van der Waals surface area (Å²) in [5, 5.41) is 2.03. The number of carbonyl (C=O) groups is 1. The summed E-state index contributed by atoms with van der Waals surface area (Å²) in [4.78, 5) is 12.8. The van der Waals surface area contributed by atoms with E-state index in [4.69, 9.17) is 0 Å². The van der Waals surface area contributed by atoms with Gasteiger partial charge in [-0.2, -0.15) is 0 Å². The Hall–Kier alpha value is -0.670. The van der Waals surface area contributed by atoms with Gasteiger partial charge in [-0.1, -0.05) is 36.0 Å². The van der Waals surface area contributed by atoms with E-state index in [0.717, 1.165) is 11.3 Å². The van der Waals surface area contributed by atoms with Gasteiger partial charge in [0.15, 0.2) is 5.78 Å². The molecule has 15 heavy (non-hydrogen) atoms. The van der Waals surface area contributed by atoms with E-state index >= 15 is 0 Å². The maximum Gasteiger partial charge on any atom is 0.156 e. The van der Waals surface area contributed by atoms with Gasteiger partial charge in [0.2, 0.25) is 0 Å². The van der Waals surface area contributed by atoms with Crippen molar-refractivity contribution in [1.82, 2.24) is 0 Å². The summed E-state index contributed by atoms with van der Waals surface area (Å²) in [5.41, 5.74) is 0. The second-order valence-electron chi connectivity index (χ2n) is 3.42. The predicted octanol–water partition coefficient (Wildman–Crippen LogP) is 3.71. The quantitative estimate of drug-likeness (QED) is 0.796. The number of benzene rings is 1. The molecule has 0 spiro atoms. The Bertz CT molecular complexity index is 376. The monoisotopic (exact) mass is 236 g/mol. The molecule has 0 saturated carbocycles. The van der Waals surface area contributed by atoms with Gasteiger partial charge in [-0.3, -0.25) is 4.79 Å². The summed E-state index contributed by atoms with van der Waals surface area (Å²) in [6.45, 7) is 1.68. The molecule has 78 valence electrons. The zero-order valence-corrected chi connectivity index (χ0v) is 10.1. The van der Waals surface area contributed by atoms with Crippen LogP contribution in [0, 0.1) is 0 Å². The van der Waals surface area contributed by atoms with Crippen molar-refractivity contribution < 1.29 is 4.79 Å². The molecule has 1 aromatic carbocycles. The van der Waals surface area contributed by atoms with Crippen LogP contribution < -0.4 is 0 Å². The lowest BCUT2D eigenvalue weighted by atomic mass is 10.2. The lowest BCUT2D eigenvalue weighted by Gasteiger charge is -2.23. The largest absolute Gasteiger partial charge is 0.297 e. The normalized spacial score (nSPS) is 24.3. The maximum atomic E-state index is 11.7. The number of allylic oxidation sites excluding steroid dienone is 1. The highest BCUT2D eigenvalue weighted by molar-refractivity contribution is 8.20. The number of rotatable bonds is 3. The van der Waals surface area contributed by atoms with Crippen molar-refractivity contribution in [2.24, 2.45) is 0 Å². The first-order valence-electron chi connectivity index (χ1n) is 4.81. The first-order valence-corrected chi connectivity index (χ1v) is 6.50. The van der Waals surface area contributed by atoms with Crippen molar-refractivity contribution >= 4 is 29.3 Å². The standard InChI is InChI=1S/C12H12OS2/c1-10(13)12(8-5-9-14-12)15-11-6-3-2-4-7-11/h2-7,9H,8H2,1H3. The van der Waals surface area contributed by atoms with Crippen LogP contribution in [0.15, 0.2) is 46.7 Å². The minimum atomic E-state index is -0.318. The number of thioether (sulfide) groups is 2. The van der Waals surface area contributed by atoms with Crippen LogP contribution in [0.1, 0.15) is 13.3 Å². The van der Waals surface area contributed by atoms with Crippen molar-refractivity contribution in [3.05, 3.63) is 41.8 Å². The van der Waals surface area contributed by atoms with Gasteiger partial charge in [0.25, 0.3) is 0 Å². The summed E-state index contributed by atoms with van der Waals surface area (Å²) in [6.07, 6.45) is 2.90. The van der Waals surface area contributed by atoms with Crippen LogP contribution in [0.25, 0.3) is 0 Å². The van der Waals surface area contributed by atoms with Crippen LogP contribution in [0.3, 0.4) is 0 Å². The first-order chi connectivity index (χ1) is 7.23. The molecular formula is C12H12OS2. The zero-order valence-electron chi connectivity index (χ0n) is 8.47. The Morgan fingerprint density at radius 2 is 2.13 bits per heavy atom. The summed E-state index contributed by atoms with van der Waals surface area (Å²) >= 11 is 3.28. The summed E-state index contributed by atoms with van der Waals surface area (Å²) in [6, 6.07) is 10.1. The number of hydrogen-bond donors (Lipinski definition) is 0. The average Bonchev–Trinajstić information content (AvgIpc) is 2.69. The van der Waals surface area contributed by atoms with Gasteiger partial charge in [0, 0.05) is 4.90 Å². The molecule has 1 heterocycles. The van der Waals surface area contributed by atoms with Crippen molar-refractivity contribution in [1.29, 1.82) is 0 Å².